The predicted octanol–water partition coefficient (Wildman–Crippen LogP) is 5.01. The van der Waals surface area contributed by atoms with Crippen LogP contribution in [0.25, 0.3) is 0 Å². The maximum absolute atomic E-state index is 12.5. The smallest absolute Gasteiger partial charge is 0.341 e. The molecule has 1 heterocycles. The zero-order valence-corrected chi connectivity index (χ0v) is 17.3. The van der Waals surface area contributed by atoms with Gasteiger partial charge in [0.2, 0.25) is 0 Å². The molecule has 0 atom stereocenters. The third kappa shape index (κ3) is 5.17. The Kier molecular flexibility index (Phi) is 8.16. The van der Waals surface area contributed by atoms with Crippen molar-refractivity contribution >= 4 is 39.6 Å². The van der Waals surface area contributed by atoms with E-state index >= 15 is 0 Å². The normalized spacial score (nSPS) is 14.2. The van der Waals surface area contributed by atoms with Crippen LogP contribution in [-0.4, -0.2) is 36.2 Å². The molecule has 0 spiro atoms. The van der Waals surface area contributed by atoms with Gasteiger partial charge in [-0.1, -0.05) is 26.7 Å². The molecule has 6 heteroatoms. The molecular weight excluding hydrogens is 352 g/mol. The van der Waals surface area contributed by atoms with Crippen molar-refractivity contribution < 1.29 is 9.53 Å². The lowest BCUT2D eigenvalue weighted by Gasteiger charge is -2.24. The number of anilines is 1. The zero-order chi connectivity index (χ0) is 18.2. The number of hydrogen-bond donors (Lipinski definition) is 1. The van der Waals surface area contributed by atoms with Crippen molar-refractivity contribution in [2.24, 2.45) is 0 Å². The second-order valence-electron chi connectivity index (χ2n) is 6.53. The van der Waals surface area contributed by atoms with Crippen LogP contribution in [0.1, 0.15) is 73.2 Å². The summed E-state index contributed by atoms with van der Waals surface area (Å²) in [7, 11) is 1.46. The summed E-state index contributed by atoms with van der Waals surface area (Å²) in [5.41, 5.74) is 1.89. The molecule has 0 saturated heterocycles. The molecule has 1 N–H and O–H groups in total. The number of nitrogens with zero attached hydrogens (tertiary/aromatic N) is 1. The van der Waals surface area contributed by atoms with Gasteiger partial charge in [0, 0.05) is 18.0 Å². The van der Waals surface area contributed by atoms with E-state index in [-0.39, 0.29) is 5.97 Å². The van der Waals surface area contributed by atoms with E-state index in [9.17, 15) is 4.79 Å². The van der Waals surface area contributed by atoms with Crippen molar-refractivity contribution in [2.75, 3.05) is 25.5 Å². The molecule has 1 aliphatic carbocycles. The van der Waals surface area contributed by atoms with Crippen LogP contribution in [0, 0.1) is 0 Å². The second kappa shape index (κ2) is 10.1. The first-order valence-corrected chi connectivity index (χ1v) is 10.6. The molecule has 1 aliphatic rings. The first kappa shape index (κ1) is 20.2. The van der Waals surface area contributed by atoms with Crippen LogP contribution in [0.3, 0.4) is 0 Å². The van der Waals surface area contributed by atoms with Crippen molar-refractivity contribution in [3.63, 3.8) is 0 Å². The summed E-state index contributed by atoms with van der Waals surface area (Å²) in [6.45, 7) is 6.17. The van der Waals surface area contributed by atoms with E-state index in [1.54, 1.807) is 11.3 Å². The third-order valence-electron chi connectivity index (χ3n) is 4.56. The first-order chi connectivity index (χ1) is 12.1. The van der Waals surface area contributed by atoms with Crippen molar-refractivity contribution in [1.82, 2.24) is 4.90 Å². The number of ether oxygens (including phenoxy) is 1. The molecule has 0 unspecified atom stereocenters. The standard InChI is InChI=1S/C19H30N2O2S2/c1-4-12-21(13-5-2)19(24)20-17-16(18(22)23-3)14-10-8-6-7-9-11-15(14)25-17/h4-13H2,1-3H3,(H,20,24). The largest absolute Gasteiger partial charge is 0.465 e. The van der Waals surface area contributed by atoms with Gasteiger partial charge >= 0.3 is 5.97 Å². The fourth-order valence-electron chi connectivity index (χ4n) is 3.36. The first-order valence-electron chi connectivity index (χ1n) is 9.41. The Morgan fingerprint density at radius 1 is 1.16 bits per heavy atom. The molecule has 1 aromatic rings. The van der Waals surface area contributed by atoms with Crippen LogP contribution in [0.4, 0.5) is 5.00 Å². The maximum Gasteiger partial charge on any atom is 0.341 e. The average Bonchev–Trinajstić information content (AvgIpc) is 2.90. The summed E-state index contributed by atoms with van der Waals surface area (Å²) in [6.07, 6.45) is 8.93. The van der Waals surface area contributed by atoms with Gasteiger partial charge in [0.05, 0.1) is 12.7 Å². The number of thiophene rings is 1. The highest BCUT2D eigenvalue weighted by Gasteiger charge is 2.26. The number of thiocarbonyl (C=S) groups is 1. The molecule has 0 saturated carbocycles. The molecule has 0 bridgehead atoms. The second-order valence-corrected chi connectivity index (χ2v) is 8.02. The topological polar surface area (TPSA) is 41.6 Å². The fourth-order valence-corrected chi connectivity index (χ4v) is 4.98. The molecule has 0 fully saturated rings. The minimum absolute atomic E-state index is 0.249. The lowest BCUT2D eigenvalue weighted by Crippen LogP contribution is -2.36. The zero-order valence-electron chi connectivity index (χ0n) is 15.7. The van der Waals surface area contributed by atoms with Gasteiger partial charge in [-0.2, -0.15) is 0 Å². The highest BCUT2D eigenvalue weighted by Crippen LogP contribution is 2.37. The van der Waals surface area contributed by atoms with Crippen LogP contribution >= 0.6 is 23.6 Å². The SMILES string of the molecule is CCCN(CCC)C(=S)Nc1sc2c(c1C(=O)OC)CCCCCC2. The molecule has 0 aromatic carbocycles. The lowest BCUT2D eigenvalue weighted by atomic mass is 9.96. The van der Waals surface area contributed by atoms with Gasteiger partial charge < -0.3 is 15.0 Å². The molecule has 4 nitrogen and oxygen atoms in total. The fraction of sp³-hybridized carbons (Fsp3) is 0.684. The number of rotatable bonds is 6. The number of esters is 1. The van der Waals surface area contributed by atoms with Crippen LogP contribution < -0.4 is 5.32 Å². The lowest BCUT2D eigenvalue weighted by molar-refractivity contribution is 0.0601. The van der Waals surface area contributed by atoms with E-state index in [1.165, 1.54) is 36.8 Å². The minimum atomic E-state index is -0.249. The number of carbonyl (C=O) groups is 1. The molecule has 25 heavy (non-hydrogen) atoms. The Morgan fingerprint density at radius 3 is 2.40 bits per heavy atom. The quantitative estimate of drug-likeness (QED) is 0.553. The van der Waals surface area contributed by atoms with Gasteiger partial charge in [-0.15, -0.1) is 11.3 Å². The van der Waals surface area contributed by atoms with Gasteiger partial charge in [-0.25, -0.2) is 4.79 Å². The highest BCUT2D eigenvalue weighted by molar-refractivity contribution is 7.80. The summed E-state index contributed by atoms with van der Waals surface area (Å²) in [6, 6.07) is 0. The van der Waals surface area contributed by atoms with E-state index in [1.807, 2.05) is 0 Å². The Balaban J connectivity index is 2.30. The van der Waals surface area contributed by atoms with Gasteiger partial charge in [-0.05, 0) is 56.3 Å². The highest BCUT2D eigenvalue weighted by atomic mass is 32.1. The van der Waals surface area contributed by atoms with Gasteiger partial charge in [-0.3, -0.25) is 0 Å². The number of carbonyl (C=O) groups excluding carboxylic acids is 1. The van der Waals surface area contributed by atoms with E-state index in [0.29, 0.717) is 10.7 Å². The van der Waals surface area contributed by atoms with Gasteiger partial charge in [0.25, 0.3) is 0 Å². The van der Waals surface area contributed by atoms with Crippen molar-refractivity contribution in [1.29, 1.82) is 0 Å². The van der Waals surface area contributed by atoms with E-state index in [4.69, 9.17) is 17.0 Å². The van der Waals surface area contributed by atoms with Gasteiger partial charge in [0.1, 0.15) is 5.00 Å². The van der Waals surface area contributed by atoms with Crippen molar-refractivity contribution in [3.05, 3.63) is 16.0 Å². The summed E-state index contributed by atoms with van der Waals surface area (Å²) < 4.78 is 5.08. The van der Waals surface area contributed by atoms with Gasteiger partial charge in [0.15, 0.2) is 5.11 Å². The molecule has 1 aromatic heterocycles. The summed E-state index contributed by atoms with van der Waals surface area (Å²) in [5, 5.41) is 4.94. The Bertz CT molecular complexity index is 592. The van der Waals surface area contributed by atoms with Crippen LogP contribution in [0.15, 0.2) is 0 Å². The number of hydrogen-bond acceptors (Lipinski definition) is 4. The summed E-state index contributed by atoms with van der Waals surface area (Å²) >= 11 is 7.32. The number of methoxy groups -OCH3 is 1. The molecule has 0 amide bonds. The third-order valence-corrected chi connectivity index (χ3v) is 6.12. The molecule has 2 rings (SSSR count). The number of aryl methyl sites for hydroxylation is 1. The van der Waals surface area contributed by atoms with Crippen LogP contribution in [0.2, 0.25) is 0 Å². The summed E-state index contributed by atoms with van der Waals surface area (Å²) in [4.78, 5) is 16.0. The molecule has 140 valence electrons. The minimum Gasteiger partial charge on any atom is -0.465 e. The molecular formula is C19H30N2O2S2. The van der Waals surface area contributed by atoms with Crippen LogP contribution in [0.5, 0.6) is 0 Å². The van der Waals surface area contributed by atoms with Crippen LogP contribution in [-0.2, 0) is 17.6 Å². The summed E-state index contributed by atoms with van der Waals surface area (Å²) in [5.74, 6) is -0.249. The number of nitrogens with one attached hydrogen (secondary N) is 1. The van der Waals surface area contributed by atoms with E-state index < -0.39 is 0 Å². The van der Waals surface area contributed by atoms with E-state index in [0.717, 1.165) is 50.2 Å². The molecule has 0 radical (unpaired) electrons. The average molecular weight is 383 g/mol. The van der Waals surface area contributed by atoms with Crippen molar-refractivity contribution in [2.45, 2.75) is 65.2 Å². The van der Waals surface area contributed by atoms with Crippen molar-refractivity contribution in [3.8, 4) is 0 Å². The predicted molar refractivity (Wildman–Crippen MR) is 110 cm³/mol. The Morgan fingerprint density at radius 2 is 1.80 bits per heavy atom. The maximum atomic E-state index is 12.5. The van der Waals surface area contributed by atoms with E-state index in [2.05, 4.69) is 24.1 Å². The number of fused-ring (bicyclic) bond motifs is 1. The monoisotopic (exact) mass is 382 g/mol. The Hall–Kier alpha value is -1.14. The Labute approximate surface area is 160 Å². The molecule has 0 aliphatic heterocycles.